The van der Waals surface area contributed by atoms with Gasteiger partial charge in [0.25, 0.3) is 10.0 Å². The van der Waals surface area contributed by atoms with E-state index >= 15 is 0 Å². The van der Waals surface area contributed by atoms with Gasteiger partial charge in [-0.25, -0.2) is 8.42 Å². The van der Waals surface area contributed by atoms with Crippen LogP contribution < -0.4 is 10.0 Å². The molecule has 5 nitrogen and oxygen atoms in total. The number of pyridine rings is 1. The molecule has 106 valence electrons. The van der Waals surface area contributed by atoms with Crippen LogP contribution in [0.2, 0.25) is 10.0 Å². The quantitative estimate of drug-likeness (QED) is 0.877. The Morgan fingerprint density at radius 2 is 2.00 bits per heavy atom. The molecular formula is C12H11Cl2N3O2S. The molecule has 0 radical (unpaired) electrons. The first-order chi connectivity index (χ1) is 9.34. The van der Waals surface area contributed by atoms with E-state index in [0.717, 1.165) is 4.31 Å². The van der Waals surface area contributed by atoms with Gasteiger partial charge in [-0.3, -0.25) is 9.29 Å². The monoisotopic (exact) mass is 331 g/mol. The van der Waals surface area contributed by atoms with Gasteiger partial charge in [0.05, 0.1) is 22.6 Å². The summed E-state index contributed by atoms with van der Waals surface area (Å²) < 4.78 is 26.2. The summed E-state index contributed by atoms with van der Waals surface area (Å²) >= 11 is 11.8. The van der Waals surface area contributed by atoms with Crippen molar-refractivity contribution in [1.82, 2.24) is 4.98 Å². The van der Waals surface area contributed by atoms with Crippen LogP contribution in [-0.4, -0.2) is 20.4 Å². The molecule has 0 saturated heterocycles. The Hall–Kier alpha value is -1.50. The van der Waals surface area contributed by atoms with Gasteiger partial charge < -0.3 is 5.73 Å². The normalized spacial score (nSPS) is 11.3. The largest absolute Gasteiger partial charge is 0.398 e. The van der Waals surface area contributed by atoms with E-state index < -0.39 is 10.0 Å². The van der Waals surface area contributed by atoms with Crippen molar-refractivity contribution in [3.8, 4) is 0 Å². The zero-order valence-electron chi connectivity index (χ0n) is 10.4. The highest BCUT2D eigenvalue weighted by molar-refractivity contribution is 7.93. The first-order valence-corrected chi connectivity index (χ1v) is 7.67. The smallest absolute Gasteiger partial charge is 0.267 e. The van der Waals surface area contributed by atoms with Crippen molar-refractivity contribution < 1.29 is 8.42 Å². The topological polar surface area (TPSA) is 76.3 Å². The summed E-state index contributed by atoms with van der Waals surface area (Å²) in [5.41, 5.74) is 6.13. The number of nitrogen functional groups attached to an aromatic ring is 1. The molecule has 2 aromatic rings. The summed E-state index contributed by atoms with van der Waals surface area (Å²) in [6.07, 6.45) is 2.98. The van der Waals surface area contributed by atoms with E-state index in [1.54, 1.807) is 18.3 Å². The highest BCUT2D eigenvalue weighted by Crippen LogP contribution is 2.34. The predicted molar refractivity (Wildman–Crippen MR) is 80.7 cm³/mol. The molecule has 0 aliphatic rings. The van der Waals surface area contributed by atoms with Gasteiger partial charge >= 0.3 is 0 Å². The minimum atomic E-state index is -3.89. The molecule has 1 aromatic carbocycles. The van der Waals surface area contributed by atoms with Crippen molar-refractivity contribution in [3.63, 3.8) is 0 Å². The zero-order valence-corrected chi connectivity index (χ0v) is 12.7. The Bertz CT molecular complexity index is 713. The second-order valence-corrected chi connectivity index (χ2v) is 6.74. The fraction of sp³-hybridized carbons (Fsp3) is 0.0833. The van der Waals surface area contributed by atoms with Crippen LogP contribution in [0.25, 0.3) is 0 Å². The fourth-order valence-corrected chi connectivity index (χ4v) is 3.79. The summed E-state index contributed by atoms with van der Waals surface area (Å²) in [6, 6.07) is 5.93. The molecule has 1 heterocycles. The maximum absolute atomic E-state index is 12.6. The number of anilines is 2. The lowest BCUT2D eigenvalue weighted by atomic mass is 10.3. The van der Waals surface area contributed by atoms with E-state index in [0.29, 0.717) is 5.69 Å². The summed E-state index contributed by atoms with van der Waals surface area (Å²) in [4.78, 5) is 3.71. The van der Waals surface area contributed by atoms with Gasteiger partial charge in [-0.2, -0.15) is 0 Å². The third-order valence-electron chi connectivity index (χ3n) is 2.67. The number of hydrogen-bond donors (Lipinski definition) is 1. The number of halogens is 2. The minimum Gasteiger partial charge on any atom is -0.398 e. The highest BCUT2D eigenvalue weighted by atomic mass is 35.5. The van der Waals surface area contributed by atoms with E-state index in [2.05, 4.69) is 4.98 Å². The summed E-state index contributed by atoms with van der Waals surface area (Å²) in [5.74, 6) is 0. The lowest BCUT2D eigenvalue weighted by Crippen LogP contribution is -2.27. The maximum atomic E-state index is 12.6. The minimum absolute atomic E-state index is 0.00163. The summed E-state index contributed by atoms with van der Waals surface area (Å²) in [6.45, 7) is 0. The summed E-state index contributed by atoms with van der Waals surface area (Å²) in [5, 5.41) is 0.251. The van der Waals surface area contributed by atoms with E-state index in [9.17, 15) is 8.42 Å². The zero-order chi connectivity index (χ0) is 14.9. The third-order valence-corrected chi connectivity index (χ3v) is 5.20. The molecule has 0 unspecified atom stereocenters. The van der Waals surface area contributed by atoms with Gasteiger partial charge in [-0.15, -0.1) is 0 Å². The number of rotatable bonds is 3. The molecule has 20 heavy (non-hydrogen) atoms. The number of nitrogens with zero attached hydrogens (tertiary/aromatic N) is 2. The molecule has 0 fully saturated rings. The summed E-state index contributed by atoms with van der Waals surface area (Å²) in [7, 11) is -2.49. The molecule has 0 spiro atoms. The van der Waals surface area contributed by atoms with Crippen molar-refractivity contribution in [2.75, 3.05) is 17.1 Å². The van der Waals surface area contributed by atoms with Crippen LogP contribution in [-0.2, 0) is 10.0 Å². The molecule has 2 N–H and O–H groups in total. The number of benzene rings is 1. The molecule has 8 heteroatoms. The number of nitrogens with two attached hydrogens (primary N) is 1. The number of hydrogen-bond acceptors (Lipinski definition) is 4. The molecule has 0 amide bonds. The second-order valence-electron chi connectivity index (χ2n) is 3.99. The maximum Gasteiger partial charge on any atom is 0.267 e. The van der Waals surface area contributed by atoms with Crippen molar-refractivity contribution in [1.29, 1.82) is 0 Å². The third kappa shape index (κ3) is 2.67. The van der Waals surface area contributed by atoms with Gasteiger partial charge in [0.15, 0.2) is 0 Å². The SMILES string of the molecule is CN(c1cccnc1)S(=O)(=O)c1c(N)cc(Cl)cc1Cl. The Morgan fingerprint density at radius 3 is 2.55 bits per heavy atom. The molecule has 2 rings (SSSR count). The van der Waals surface area contributed by atoms with Gasteiger partial charge in [-0.1, -0.05) is 23.2 Å². The number of aromatic nitrogens is 1. The van der Waals surface area contributed by atoms with Crippen LogP contribution in [0.1, 0.15) is 0 Å². The van der Waals surface area contributed by atoms with Crippen LogP contribution >= 0.6 is 23.2 Å². The molecule has 0 atom stereocenters. The Morgan fingerprint density at radius 1 is 1.30 bits per heavy atom. The van der Waals surface area contributed by atoms with E-state index in [-0.39, 0.29) is 20.6 Å². The lowest BCUT2D eigenvalue weighted by molar-refractivity contribution is 0.595. The van der Waals surface area contributed by atoms with Crippen molar-refractivity contribution in [2.24, 2.45) is 0 Å². The van der Waals surface area contributed by atoms with Crippen LogP contribution in [0.5, 0.6) is 0 Å². The van der Waals surface area contributed by atoms with Gasteiger partial charge in [-0.05, 0) is 24.3 Å². The van der Waals surface area contributed by atoms with Gasteiger partial charge in [0.1, 0.15) is 4.90 Å². The van der Waals surface area contributed by atoms with Gasteiger partial charge in [0, 0.05) is 18.3 Å². The fourth-order valence-electron chi connectivity index (χ4n) is 1.67. The molecule has 1 aromatic heterocycles. The first-order valence-electron chi connectivity index (χ1n) is 5.47. The predicted octanol–water partition coefficient (Wildman–Crippen LogP) is 2.80. The van der Waals surface area contributed by atoms with Gasteiger partial charge in [0.2, 0.25) is 0 Å². The molecular weight excluding hydrogens is 321 g/mol. The van der Waals surface area contributed by atoms with Crippen LogP contribution in [0.4, 0.5) is 11.4 Å². The number of sulfonamides is 1. The van der Waals surface area contributed by atoms with Crippen molar-refractivity contribution in [2.45, 2.75) is 4.90 Å². The molecule has 0 saturated carbocycles. The average molecular weight is 332 g/mol. The standard InChI is InChI=1S/C12H11Cl2N3O2S/c1-17(9-3-2-4-16-7-9)20(18,19)12-10(14)5-8(13)6-11(12)15/h2-7H,15H2,1H3. The Kier molecular flexibility index (Phi) is 4.08. The molecule has 0 bridgehead atoms. The van der Waals surface area contributed by atoms with E-state index in [1.165, 1.54) is 25.4 Å². The van der Waals surface area contributed by atoms with Crippen LogP contribution in [0.3, 0.4) is 0 Å². The lowest BCUT2D eigenvalue weighted by Gasteiger charge is -2.20. The van der Waals surface area contributed by atoms with Crippen LogP contribution in [0.15, 0.2) is 41.6 Å². The highest BCUT2D eigenvalue weighted by Gasteiger charge is 2.27. The molecule has 0 aliphatic heterocycles. The van der Waals surface area contributed by atoms with Crippen molar-refractivity contribution in [3.05, 3.63) is 46.7 Å². The van der Waals surface area contributed by atoms with Crippen molar-refractivity contribution >= 4 is 44.6 Å². The van der Waals surface area contributed by atoms with E-state index in [4.69, 9.17) is 28.9 Å². The first kappa shape index (κ1) is 14.9. The molecule has 0 aliphatic carbocycles. The second kappa shape index (κ2) is 5.47. The van der Waals surface area contributed by atoms with Crippen LogP contribution in [0, 0.1) is 0 Å². The average Bonchev–Trinajstić information content (AvgIpc) is 2.37. The Labute approximate surface area is 127 Å². The van der Waals surface area contributed by atoms with E-state index in [1.807, 2.05) is 0 Å². The Balaban J connectivity index is 2.57.